The summed E-state index contributed by atoms with van der Waals surface area (Å²) < 4.78 is 4.94. The van der Waals surface area contributed by atoms with E-state index in [2.05, 4.69) is 4.98 Å². The Hall–Kier alpha value is -3.82. The zero-order valence-electron chi connectivity index (χ0n) is 11.7. The molecule has 0 aliphatic rings. The van der Waals surface area contributed by atoms with Crippen LogP contribution in [0, 0.1) is 20.2 Å². The van der Waals surface area contributed by atoms with Crippen molar-refractivity contribution in [3.05, 3.63) is 67.2 Å². The van der Waals surface area contributed by atoms with Crippen molar-refractivity contribution in [2.75, 3.05) is 0 Å². The Kier molecular flexibility index (Phi) is 3.41. The van der Waals surface area contributed by atoms with Crippen molar-refractivity contribution in [1.82, 2.24) is 4.98 Å². The summed E-state index contributed by atoms with van der Waals surface area (Å²) in [7, 11) is 0. The van der Waals surface area contributed by atoms with Crippen molar-refractivity contribution >= 4 is 22.3 Å². The van der Waals surface area contributed by atoms with Gasteiger partial charge in [-0.05, 0) is 12.1 Å². The molecule has 1 aromatic carbocycles. The fraction of sp³-hybridized carbons (Fsp3) is 0. The average Bonchev–Trinajstić information content (AvgIpc) is 2.54. The fourth-order valence-corrected chi connectivity index (χ4v) is 2.23. The van der Waals surface area contributed by atoms with E-state index in [1.165, 1.54) is 12.3 Å². The van der Waals surface area contributed by atoms with E-state index in [0.29, 0.717) is 6.07 Å². The van der Waals surface area contributed by atoms with E-state index in [1.54, 1.807) is 12.1 Å². The number of benzene rings is 1. The van der Waals surface area contributed by atoms with Gasteiger partial charge < -0.3 is 9.52 Å². The highest BCUT2D eigenvalue weighted by molar-refractivity contribution is 5.96. The van der Waals surface area contributed by atoms with Gasteiger partial charge in [-0.25, -0.2) is 4.79 Å². The number of aromatic hydroxyl groups is 1. The van der Waals surface area contributed by atoms with Crippen molar-refractivity contribution in [2.24, 2.45) is 0 Å². The number of fused-ring (bicyclic) bond motifs is 1. The van der Waals surface area contributed by atoms with Gasteiger partial charge in [-0.1, -0.05) is 6.07 Å². The van der Waals surface area contributed by atoms with Crippen LogP contribution < -0.4 is 5.63 Å². The zero-order valence-corrected chi connectivity index (χ0v) is 11.7. The quantitative estimate of drug-likeness (QED) is 0.437. The van der Waals surface area contributed by atoms with E-state index in [-0.39, 0.29) is 16.6 Å². The van der Waals surface area contributed by atoms with Gasteiger partial charge in [0.2, 0.25) is 5.58 Å². The molecule has 0 amide bonds. The molecule has 0 aliphatic heterocycles. The SMILES string of the molecule is O=c1oc2c([N+](=O)[O-])cc([N+](=O)[O-])cc2c(O)c1-c1ccccn1. The van der Waals surface area contributed by atoms with Crippen LogP contribution in [0.4, 0.5) is 11.4 Å². The minimum atomic E-state index is -1.05. The van der Waals surface area contributed by atoms with E-state index >= 15 is 0 Å². The summed E-state index contributed by atoms with van der Waals surface area (Å²) in [5, 5.41) is 32.1. The number of pyridine rings is 1. The third-order valence-electron chi connectivity index (χ3n) is 3.27. The Morgan fingerprint density at radius 1 is 1.12 bits per heavy atom. The van der Waals surface area contributed by atoms with Crippen LogP contribution in [0.25, 0.3) is 22.2 Å². The minimum absolute atomic E-state index is 0.0693. The highest BCUT2D eigenvalue weighted by Gasteiger charge is 2.27. The van der Waals surface area contributed by atoms with E-state index in [1.807, 2.05) is 0 Å². The van der Waals surface area contributed by atoms with Crippen LogP contribution in [0.3, 0.4) is 0 Å². The molecule has 3 rings (SSSR count). The van der Waals surface area contributed by atoms with E-state index in [0.717, 1.165) is 6.07 Å². The molecule has 120 valence electrons. The van der Waals surface area contributed by atoms with Crippen molar-refractivity contribution in [3.8, 4) is 17.0 Å². The molecular weight excluding hydrogens is 322 g/mol. The van der Waals surface area contributed by atoms with Gasteiger partial charge in [-0.3, -0.25) is 25.2 Å². The molecule has 0 unspecified atom stereocenters. The Bertz CT molecular complexity index is 1040. The van der Waals surface area contributed by atoms with Gasteiger partial charge in [0.05, 0.1) is 27.0 Å². The van der Waals surface area contributed by atoms with Crippen molar-refractivity contribution in [3.63, 3.8) is 0 Å². The molecule has 0 spiro atoms. The number of nitro groups is 2. The molecule has 0 fully saturated rings. The van der Waals surface area contributed by atoms with Crippen molar-refractivity contribution in [2.45, 2.75) is 0 Å². The molecular formula is C14H7N3O7. The van der Waals surface area contributed by atoms with Crippen LogP contribution in [-0.2, 0) is 0 Å². The first kappa shape index (κ1) is 15.1. The monoisotopic (exact) mass is 329 g/mol. The lowest BCUT2D eigenvalue weighted by Crippen LogP contribution is -2.06. The first-order valence-electron chi connectivity index (χ1n) is 6.44. The second-order valence-corrected chi connectivity index (χ2v) is 4.68. The molecule has 0 aliphatic carbocycles. The maximum atomic E-state index is 12.1. The molecule has 0 bridgehead atoms. The summed E-state index contributed by atoms with van der Waals surface area (Å²) in [5.41, 5.74) is -3.27. The smallest absolute Gasteiger partial charge is 0.349 e. The van der Waals surface area contributed by atoms with Gasteiger partial charge in [-0.2, -0.15) is 0 Å². The number of hydrogen-bond acceptors (Lipinski definition) is 8. The molecule has 1 N–H and O–H groups in total. The molecule has 0 saturated carbocycles. The number of nitrogens with zero attached hydrogens (tertiary/aromatic N) is 3. The summed E-state index contributed by atoms with van der Waals surface area (Å²) in [4.78, 5) is 36.3. The first-order valence-corrected chi connectivity index (χ1v) is 6.44. The van der Waals surface area contributed by atoms with Crippen LogP contribution in [-0.4, -0.2) is 19.9 Å². The molecule has 2 heterocycles. The number of non-ortho nitro benzene ring substituents is 2. The normalized spacial score (nSPS) is 10.7. The van der Waals surface area contributed by atoms with Gasteiger partial charge in [0.15, 0.2) is 0 Å². The second kappa shape index (κ2) is 5.43. The highest BCUT2D eigenvalue weighted by atomic mass is 16.6. The fourth-order valence-electron chi connectivity index (χ4n) is 2.23. The summed E-state index contributed by atoms with van der Waals surface area (Å²) in [5.74, 6) is -0.674. The third-order valence-corrected chi connectivity index (χ3v) is 3.27. The molecule has 0 radical (unpaired) electrons. The first-order chi connectivity index (χ1) is 11.4. The van der Waals surface area contributed by atoms with Crippen LogP contribution in [0.2, 0.25) is 0 Å². The number of rotatable bonds is 3. The molecule has 2 aromatic heterocycles. The van der Waals surface area contributed by atoms with Gasteiger partial charge in [0.1, 0.15) is 11.3 Å². The topological polar surface area (TPSA) is 150 Å². The maximum Gasteiger partial charge on any atom is 0.349 e. The van der Waals surface area contributed by atoms with E-state index in [4.69, 9.17) is 4.42 Å². The largest absolute Gasteiger partial charge is 0.506 e. The lowest BCUT2D eigenvalue weighted by molar-refractivity contribution is -0.393. The summed E-state index contributed by atoms with van der Waals surface area (Å²) in [6.07, 6.45) is 1.37. The van der Waals surface area contributed by atoms with E-state index in [9.17, 15) is 30.1 Å². The molecule has 3 aromatic rings. The standard InChI is InChI=1S/C14H7N3O7/c18-12-8-5-7(16(20)21)6-10(17(22)23)13(8)24-14(19)11(12)9-3-1-2-4-15-9/h1-6,18H. The lowest BCUT2D eigenvalue weighted by atomic mass is 10.1. The Morgan fingerprint density at radius 2 is 1.88 bits per heavy atom. The lowest BCUT2D eigenvalue weighted by Gasteiger charge is -2.06. The summed E-state index contributed by atoms with van der Waals surface area (Å²) in [6, 6.07) is 6.11. The maximum absolute atomic E-state index is 12.1. The highest BCUT2D eigenvalue weighted by Crippen LogP contribution is 2.38. The van der Waals surface area contributed by atoms with Gasteiger partial charge in [-0.15, -0.1) is 0 Å². The number of aromatic nitrogens is 1. The van der Waals surface area contributed by atoms with Crippen LogP contribution in [0.1, 0.15) is 0 Å². The van der Waals surface area contributed by atoms with Crippen molar-refractivity contribution < 1.29 is 19.4 Å². The Morgan fingerprint density at radius 3 is 2.46 bits per heavy atom. The molecule has 0 saturated heterocycles. The zero-order chi connectivity index (χ0) is 17.4. The third kappa shape index (κ3) is 2.31. The number of hydrogen-bond donors (Lipinski definition) is 1. The van der Waals surface area contributed by atoms with Gasteiger partial charge in [0.25, 0.3) is 5.69 Å². The van der Waals surface area contributed by atoms with E-state index < -0.39 is 38.2 Å². The molecule has 24 heavy (non-hydrogen) atoms. The summed E-state index contributed by atoms with van der Waals surface area (Å²) >= 11 is 0. The van der Waals surface area contributed by atoms with Gasteiger partial charge >= 0.3 is 11.3 Å². The van der Waals surface area contributed by atoms with Crippen LogP contribution in [0.15, 0.2) is 45.7 Å². The average molecular weight is 329 g/mol. The number of nitro benzene ring substituents is 2. The van der Waals surface area contributed by atoms with Crippen LogP contribution >= 0.6 is 0 Å². The molecule has 0 atom stereocenters. The second-order valence-electron chi connectivity index (χ2n) is 4.68. The minimum Gasteiger partial charge on any atom is -0.506 e. The summed E-state index contributed by atoms with van der Waals surface area (Å²) in [6.45, 7) is 0. The van der Waals surface area contributed by atoms with Crippen LogP contribution in [0.5, 0.6) is 5.75 Å². The predicted octanol–water partition coefficient (Wildman–Crippen LogP) is 2.38. The van der Waals surface area contributed by atoms with Gasteiger partial charge in [0, 0.05) is 12.3 Å². The molecule has 10 heteroatoms. The Balaban J connectivity index is 2.46. The Labute approximate surface area is 131 Å². The van der Waals surface area contributed by atoms with Crippen molar-refractivity contribution in [1.29, 1.82) is 0 Å². The predicted molar refractivity (Wildman–Crippen MR) is 80.7 cm³/mol. The molecule has 10 nitrogen and oxygen atoms in total.